The predicted molar refractivity (Wildman–Crippen MR) is 98.5 cm³/mol. The van der Waals surface area contributed by atoms with Crippen molar-refractivity contribution in [2.24, 2.45) is 0 Å². The van der Waals surface area contributed by atoms with Crippen LogP contribution in [0.15, 0.2) is 42.5 Å². The van der Waals surface area contributed by atoms with Gasteiger partial charge in [-0.25, -0.2) is 0 Å². The molecule has 0 aromatic heterocycles. The molecule has 0 fully saturated rings. The summed E-state index contributed by atoms with van der Waals surface area (Å²) in [4.78, 5) is 12.2. The Balaban J connectivity index is 1.94. The highest BCUT2D eigenvalue weighted by molar-refractivity contribution is 5.81. The average Bonchev–Trinajstić information content (AvgIpc) is 2.64. The number of rotatable bonds is 8. The SMILES string of the molecule is CCc1cccc(CC)c1NCC(=O)NCc1ccccc1OC. The predicted octanol–water partition coefficient (Wildman–Crippen LogP) is 3.55. The molecule has 0 spiro atoms. The number of benzene rings is 2. The van der Waals surface area contributed by atoms with E-state index < -0.39 is 0 Å². The Morgan fingerprint density at radius 3 is 2.21 bits per heavy atom. The Hall–Kier alpha value is -2.49. The van der Waals surface area contributed by atoms with E-state index in [1.54, 1.807) is 7.11 Å². The fourth-order valence-corrected chi connectivity index (χ4v) is 2.74. The maximum Gasteiger partial charge on any atom is 0.239 e. The Bertz CT molecular complexity index is 661. The van der Waals surface area contributed by atoms with Crippen LogP contribution in [-0.4, -0.2) is 19.6 Å². The molecule has 0 atom stereocenters. The standard InChI is InChI=1S/C20H26N2O2/c1-4-15-10-8-11-16(5-2)20(15)22-14-19(23)21-13-17-9-6-7-12-18(17)24-3/h6-12,22H,4-5,13-14H2,1-3H3,(H,21,23). The highest BCUT2D eigenvalue weighted by Crippen LogP contribution is 2.22. The third-order valence-corrected chi connectivity index (χ3v) is 4.09. The van der Waals surface area contributed by atoms with E-state index in [4.69, 9.17) is 4.74 Å². The fourth-order valence-electron chi connectivity index (χ4n) is 2.74. The number of aryl methyl sites for hydroxylation is 2. The number of methoxy groups -OCH3 is 1. The summed E-state index contributed by atoms with van der Waals surface area (Å²) < 4.78 is 5.30. The molecule has 0 aliphatic heterocycles. The number of hydrogen-bond donors (Lipinski definition) is 2. The second kappa shape index (κ2) is 8.96. The van der Waals surface area contributed by atoms with E-state index in [0.29, 0.717) is 6.54 Å². The first kappa shape index (κ1) is 17.9. The van der Waals surface area contributed by atoms with Crippen molar-refractivity contribution in [1.29, 1.82) is 0 Å². The normalized spacial score (nSPS) is 10.3. The molecule has 2 rings (SSSR count). The molecule has 0 aliphatic rings. The smallest absolute Gasteiger partial charge is 0.239 e. The summed E-state index contributed by atoms with van der Waals surface area (Å²) in [7, 11) is 1.64. The number of nitrogens with one attached hydrogen (secondary N) is 2. The second-order valence-electron chi connectivity index (χ2n) is 5.60. The molecule has 0 bridgehead atoms. The zero-order chi connectivity index (χ0) is 17.4. The van der Waals surface area contributed by atoms with Crippen molar-refractivity contribution >= 4 is 11.6 Å². The maximum atomic E-state index is 12.2. The molecule has 2 N–H and O–H groups in total. The number of ether oxygens (including phenoxy) is 1. The van der Waals surface area contributed by atoms with E-state index in [-0.39, 0.29) is 12.5 Å². The van der Waals surface area contributed by atoms with Crippen LogP contribution in [0.2, 0.25) is 0 Å². The Labute approximate surface area is 144 Å². The number of carbonyl (C=O) groups excluding carboxylic acids is 1. The number of hydrogen-bond acceptors (Lipinski definition) is 3. The third kappa shape index (κ3) is 4.51. The minimum Gasteiger partial charge on any atom is -0.496 e. The van der Waals surface area contributed by atoms with Gasteiger partial charge in [0.2, 0.25) is 5.91 Å². The Morgan fingerprint density at radius 1 is 0.958 bits per heavy atom. The van der Waals surface area contributed by atoms with Crippen molar-refractivity contribution in [2.45, 2.75) is 33.2 Å². The number of carbonyl (C=O) groups is 1. The summed E-state index contributed by atoms with van der Waals surface area (Å²) in [6.07, 6.45) is 1.89. The van der Waals surface area contributed by atoms with Crippen molar-refractivity contribution < 1.29 is 9.53 Å². The van der Waals surface area contributed by atoms with E-state index in [2.05, 4.69) is 42.7 Å². The molecule has 0 aliphatic carbocycles. The van der Waals surface area contributed by atoms with Gasteiger partial charge in [0, 0.05) is 17.8 Å². The topological polar surface area (TPSA) is 50.4 Å². The third-order valence-electron chi connectivity index (χ3n) is 4.09. The minimum absolute atomic E-state index is 0.0335. The second-order valence-corrected chi connectivity index (χ2v) is 5.60. The Kier molecular flexibility index (Phi) is 6.67. The van der Waals surface area contributed by atoms with Gasteiger partial charge in [-0.3, -0.25) is 4.79 Å². The van der Waals surface area contributed by atoms with Crippen LogP contribution in [-0.2, 0) is 24.2 Å². The van der Waals surface area contributed by atoms with Gasteiger partial charge in [0.1, 0.15) is 5.75 Å². The van der Waals surface area contributed by atoms with Crippen LogP contribution in [0, 0.1) is 0 Å². The highest BCUT2D eigenvalue weighted by Gasteiger charge is 2.09. The first-order chi connectivity index (χ1) is 11.7. The first-order valence-corrected chi connectivity index (χ1v) is 8.42. The van der Waals surface area contributed by atoms with Gasteiger partial charge in [0.25, 0.3) is 0 Å². The zero-order valence-corrected chi connectivity index (χ0v) is 14.7. The number of amides is 1. The molecule has 24 heavy (non-hydrogen) atoms. The summed E-state index contributed by atoms with van der Waals surface area (Å²) in [5.41, 5.74) is 4.55. The molecule has 1 amide bonds. The van der Waals surface area contributed by atoms with Crippen molar-refractivity contribution in [1.82, 2.24) is 5.32 Å². The summed E-state index contributed by atoms with van der Waals surface area (Å²) in [6, 6.07) is 14.0. The molecule has 0 saturated carbocycles. The zero-order valence-electron chi connectivity index (χ0n) is 14.7. The lowest BCUT2D eigenvalue weighted by molar-refractivity contribution is -0.119. The monoisotopic (exact) mass is 326 g/mol. The van der Waals surface area contributed by atoms with Gasteiger partial charge in [0.05, 0.1) is 13.7 Å². The van der Waals surface area contributed by atoms with Gasteiger partial charge < -0.3 is 15.4 Å². The van der Waals surface area contributed by atoms with Crippen molar-refractivity contribution in [3.63, 3.8) is 0 Å². The molecule has 0 saturated heterocycles. The van der Waals surface area contributed by atoms with Gasteiger partial charge in [0.15, 0.2) is 0 Å². The largest absolute Gasteiger partial charge is 0.496 e. The molecule has 0 heterocycles. The summed E-state index contributed by atoms with van der Waals surface area (Å²) in [5, 5.41) is 6.24. The van der Waals surface area contributed by atoms with Crippen molar-refractivity contribution in [3.8, 4) is 5.75 Å². The van der Waals surface area contributed by atoms with Crippen LogP contribution in [0.1, 0.15) is 30.5 Å². The Morgan fingerprint density at radius 2 is 1.58 bits per heavy atom. The molecule has 0 radical (unpaired) electrons. The van der Waals surface area contributed by atoms with E-state index in [0.717, 1.165) is 29.8 Å². The lowest BCUT2D eigenvalue weighted by Gasteiger charge is -2.15. The summed E-state index contributed by atoms with van der Waals surface area (Å²) in [5.74, 6) is 0.754. The quantitative estimate of drug-likeness (QED) is 0.780. The lowest BCUT2D eigenvalue weighted by Crippen LogP contribution is -2.30. The van der Waals surface area contributed by atoms with Crippen molar-refractivity contribution in [2.75, 3.05) is 19.0 Å². The number of para-hydroxylation sites is 2. The average molecular weight is 326 g/mol. The molecule has 0 unspecified atom stereocenters. The molecular formula is C20H26N2O2. The van der Waals surface area contributed by atoms with Crippen LogP contribution in [0.3, 0.4) is 0 Å². The summed E-state index contributed by atoms with van der Waals surface area (Å²) >= 11 is 0. The van der Waals surface area contributed by atoms with Crippen LogP contribution < -0.4 is 15.4 Å². The van der Waals surface area contributed by atoms with E-state index >= 15 is 0 Å². The molecule has 4 heteroatoms. The molecule has 128 valence electrons. The highest BCUT2D eigenvalue weighted by atomic mass is 16.5. The van der Waals surface area contributed by atoms with Gasteiger partial charge in [-0.05, 0) is 30.0 Å². The van der Waals surface area contributed by atoms with Gasteiger partial charge >= 0.3 is 0 Å². The van der Waals surface area contributed by atoms with Crippen molar-refractivity contribution in [3.05, 3.63) is 59.2 Å². The molecule has 2 aromatic rings. The van der Waals surface area contributed by atoms with Gasteiger partial charge in [-0.2, -0.15) is 0 Å². The number of anilines is 1. The minimum atomic E-state index is -0.0335. The fraction of sp³-hybridized carbons (Fsp3) is 0.350. The summed E-state index contributed by atoms with van der Waals surface area (Å²) in [6.45, 7) is 4.98. The van der Waals surface area contributed by atoms with Gasteiger partial charge in [-0.1, -0.05) is 50.2 Å². The van der Waals surface area contributed by atoms with Gasteiger partial charge in [-0.15, -0.1) is 0 Å². The molecular weight excluding hydrogens is 300 g/mol. The maximum absolute atomic E-state index is 12.2. The van der Waals surface area contributed by atoms with Crippen LogP contribution in [0.4, 0.5) is 5.69 Å². The van der Waals surface area contributed by atoms with E-state index in [9.17, 15) is 4.79 Å². The van der Waals surface area contributed by atoms with Crippen LogP contribution in [0.25, 0.3) is 0 Å². The molecule has 2 aromatic carbocycles. The molecule has 4 nitrogen and oxygen atoms in total. The van der Waals surface area contributed by atoms with E-state index in [1.165, 1.54) is 11.1 Å². The first-order valence-electron chi connectivity index (χ1n) is 8.42. The van der Waals surface area contributed by atoms with Crippen LogP contribution >= 0.6 is 0 Å². The lowest BCUT2D eigenvalue weighted by atomic mass is 10.0. The van der Waals surface area contributed by atoms with E-state index in [1.807, 2.05) is 24.3 Å². The van der Waals surface area contributed by atoms with Crippen LogP contribution in [0.5, 0.6) is 5.75 Å².